The molecule has 0 saturated heterocycles. The molecule has 6 unspecified atom stereocenters. The van der Waals surface area contributed by atoms with Gasteiger partial charge in [0.2, 0.25) is 0 Å². The maximum atomic E-state index is 14.5. The van der Waals surface area contributed by atoms with Crippen LogP contribution in [0.25, 0.3) is 0 Å². The van der Waals surface area contributed by atoms with Crippen LogP contribution in [0, 0.1) is 0 Å². The van der Waals surface area contributed by atoms with Crippen LogP contribution >= 0.6 is 26.4 Å². The van der Waals surface area contributed by atoms with Crippen LogP contribution in [0.15, 0.2) is 87.2 Å². The Kier molecular flexibility index (Phi) is 29.9. The van der Waals surface area contributed by atoms with Gasteiger partial charge in [0.15, 0.2) is 0 Å². The maximum Gasteiger partial charge on any atom is 0.340 e. The monoisotopic (exact) mass is 1020 g/mol. The predicted molar refractivity (Wildman–Crippen MR) is 281 cm³/mol. The second kappa shape index (κ2) is 35.2. The van der Waals surface area contributed by atoms with Gasteiger partial charge in [-0.3, -0.25) is 0 Å². The Morgan fingerprint density at radius 2 is 0.623 bits per heavy atom. The van der Waals surface area contributed by atoms with E-state index in [1.807, 2.05) is 72.8 Å². The summed E-state index contributed by atoms with van der Waals surface area (Å²) in [6.45, 7) is 18.1. The van der Waals surface area contributed by atoms with Crippen LogP contribution in [-0.4, -0.2) is 93.0 Å². The van der Waals surface area contributed by atoms with E-state index in [1.165, 1.54) is 0 Å². The lowest BCUT2D eigenvalue weighted by molar-refractivity contribution is 0.0479. The fourth-order valence-electron chi connectivity index (χ4n) is 6.90. The fraction of sp³-hybridized carbons (Fsp3) is 0.588. The summed E-state index contributed by atoms with van der Waals surface area (Å²) < 4.78 is 56.3. The largest absolute Gasteiger partial charge is 0.379 e. The Balaban J connectivity index is 1.53. The van der Waals surface area contributed by atoms with E-state index in [9.17, 15) is 14.4 Å². The Hall–Kier alpha value is -3.00. The van der Waals surface area contributed by atoms with Gasteiger partial charge in [-0.1, -0.05) is 113 Å². The summed E-state index contributed by atoms with van der Waals surface area (Å²) in [5.74, 6) is 0. The Morgan fingerprint density at radius 3 is 0.884 bits per heavy atom. The minimum Gasteiger partial charge on any atom is -0.379 e. The maximum absolute atomic E-state index is 14.5. The first-order valence-corrected chi connectivity index (χ1v) is 27.4. The predicted octanol–water partition coefficient (Wildman–Crippen LogP) is 7.66. The Morgan fingerprint density at radius 1 is 0.377 bits per heavy atom. The Bertz CT molecular complexity index is 1930. The first kappa shape index (κ1) is 58.6. The molecule has 4 rings (SSSR count). The topological polar surface area (TPSA) is 149 Å². The van der Waals surface area contributed by atoms with Crippen molar-refractivity contribution in [1.29, 1.82) is 0 Å². The summed E-state index contributed by atoms with van der Waals surface area (Å²) >= 11 is 0. The summed E-state index contributed by atoms with van der Waals surface area (Å²) in [6.07, 6.45) is 5.08. The summed E-state index contributed by atoms with van der Waals surface area (Å²) in [7, 11) is -0.656. The summed E-state index contributed by atoms with van der Waals surface area (Å²) in [6, 6.07) is 23.6. The highest BCUT2D eigenvalue weighted by Crippen LogP contribution is 2.26. The SMILES string of the molecule is CCCCOCCOCCc1ccccc1POC(C)n1c(=O)n(C(C)OPc2ccccc2CCOCCOCCCC)c(=O)n(C(C)OPc2ccccc2CCOCCOCCCC)c1=O. The summed E-state index contributed by atoms with van der Waals surface area (Å²) in [4.78, 5) is 43.4. The number of aromatic nitrogens is 3. The third-order valence-electron chi connectivity index (χ3n) is 11.0. The van der Waals surface area contributed by atoms with Gasteiger partial charge < -0.3 is 42.0 Å². The molecule has 0 fully saturated rings. The van der Waals surface area contributed by atoms with Crippen molar-refractivity contribution in [3.05, 3.63) is 121 Å². The molecule has 0 spiro atoms. The molecule has 0 aliphatic carbocycles. The van der Waals surface area contributed by atoms with Crippen LogP contribution in [0.1, 0.15) is 115 Å². The molecule has 0 aliphatic heterocycles. The highest BCUT2D eigenvalue weighted by atomic mass is 31.1. The average Bonchev–Trinajstić information content (AvgIpc) is 3.35. The number of nitrogens with zero attached hydrogens (tertiary/aromatic N) is 3. The normalized spacial score (nSPS) is 13.5. The third kappa shape index (κ3) is 20.9. The van der Waals surface area contributed by atoms with Crippen LogP contribution in [0.2, 0.25) is 0 Å². The van der Waals surface area contributed by atoms with Crippen molar-refractivity contribution >= 4 is 42.3 Å². The summed E-state index contributed by atoms with van der Waals surface area (Å²) in [5.41, 5.74) is 0.540. The lowest BCUT2D eigenvalue weighted by atomic mass is 10.2. The molecule has 1 aromatic heterocycles. The minimum absolute atomic E-state index is 0.219. The molecular formula is C51H78N3O12P3. The number of hydrogen-bond donors (Lipinski definition) is 0. The van der Waals surface area contributed by atoms with E-state index in [-0.39, 0.29) is 26.4 Å². The van der Waals surface area contributed by atoms with Crippen molar-refractivity contribution in [2.24, 2.45) is 0 Å². The molecule has 0 radical (unpaired) electrons. The van der Waals surface area contributed by atoms with E-state index in [2.05, 4.69) is 20.8 Å². The van der Waals surface area contributed by atoms with Crippen molar-refractivity contribution < 1.29 is 42.0 Å². The van der Waals surface area contributed by atoms with Crippen LogP contribution in [0.3, 0.4) is 0 Å². The zero-order valence-corrected chi connectivity index (χ0v) is 44.8. The molecule has 4 aromatic rings. The van der Waals surface area contributed by atoms with Crippen LogP contribution < -0.4 is 33.0 Å². The molecule has 6 atom stereocenters. The quantitative estimate of drug-likeness (QED) is 0.0319. The number of benzene rings is 3. The molecule has 0 saturated carbocycles. The van der Waals surface area contributed by atoms with E-state index < -0.39 is 35.8 Å². The molecule has 1 heterocycles. The third-order valence-corrected chi connectivity index (χ3v) is 14.5. The van der Waals surface area contributed by atoms with Crippen molar-refractivity contribution in [2.75, 3.05) is 79.3 Å². The minimum atomic E-state index is -1.06. The van der Waals surface area contributed by atoms with Crippen molar-refractivity contribution in [1.82, 2.24) is 13.7 Å². The molecule has 3 aromatic carbocycles. The Labute approximate surface area is 414 Å². The van der Waals surface area contributed by atoms with Gasteiger partial charge in [0.05, 0.1) is 59.5 Å². The first-order chi connectivity index (χ1) is 33.7. The molecule has 0 N–H and O–H groups in total. The van der Waals surface area contributed by atoms with E-state index >= 15 is 0 Å². The molecule has 18 heteroatoms. The van der Waals surface area contributed by atoms with Gasteiger partial charge in [0.1, 0.15) is 18.7 Å². The number of hydrogen-bond acceptors (Lipinski definition) is 12. The van der Waals surface area contributed by atoms with E-state index in [1.54, 1.807) is 20.8 Å². The molecule has 0 amide bonds. The van der Waals surface area contributed by atoms with Gasteiger partial charge >= 0.3 is 17.1 Å². The number of unbranched alkanes of at least 4 members (excludes halogenated alkanes) is 3. The molecule has 384 valence electrons. The smallest absolute Gasteiger partial charge is 0.340 e. The average molecular weight is 1020 g/mol. The second-order valence-electron chi connectivity index (χ2n) is 16.4. The zero-order valence-electron chi connectivity index (χ0n) is 41.8. The summed E-state index contributed by atoms with van der Waals surface area (Å²) in [5, 5.41) is 2.75. The fourth-order valence-corrected chi connectivity index (χ4v) is 9.62. The van der Waals surface area contributed by atoms with Gasteiger partial charge in [0, 0.05) is 62.2 Å². The van der Waals surface area contributed by atoms with E-state index in [0.717, 1.165) is 105 Å². The highest BCUT2D eigenvalue weighted by Gasteiger charge is 2.26. The second-order valence-corrected chi connectivity index (χ2v) is 19.3. The molecule has 0 bridgehead atoms. The van der Waals surface area contributed by atoms with Gasteiger partial charge in [-0.2, -0.15) is 0 Å². The van der Waals surface area contributed by atoms with Crippen molar-refractivity contribution in [3.8, 4) is 0 Å². The van der Waals surface area contributed by atoms with E-state index in [0.29, 0.717) is 78.7 Å². The molecule has 0 aliphatic rings. The molecule has 15 nitrogen and oxygen atoms in total. The first-order valence-electron chi connectivity index (χ1n) is 24.7. The van der Waals surface area contributed by atoms with Gasteiger partial charge in [-0.25, -0.2) is 28.1 Å². The standard InChI is InChI=1S/C51H78N3O12P3/c1-7-10-28-58-34-37-61-31-25-43-19-13-16-22-46(43)67-64-40(4)52-49(55)53(41(5)65-68-47-23-17-14-20-44(47)26-32-62-38-35-59-29-11-8-2)51(57)54(50(52)56)42(6)66-69-48-24-18-15-21-45(48)27-33-63-39-36-60-30-12-9-3/h13-24,40-42,67-69H,7-12,25-39H2,1-6H3. The van der Waals surface area contributed by atoms with Gasteiger partial charge in [-0.15, -0.1) is 0 Å². The highest BCUT2D eigenvalue weighted by molar-refractivity contribution is 7.42. The number of rotatable bonds is 39. The van der Waals surface area contributed by atoms with E-state index in [4.69, 9.17) is 42.0 Å². The van der Waals surface area contributed by atoms with Gasteiger partial charge in [-0.05, 0) is 76.0 Å². The lowest BCUT2D eigenvalue weighted by Gasteiger charge is -2.24. The van der Waals surface area contributed by atoms with Crippen LogP contribution in [0.4, 0.5) is 0 Å². The van der Waals surface area contributed by atoms with Crippen molar-refractivity contribution in [2.45, 2.75) is 118 Å². The van der Waals surface area contributed by atoms with Crippen LogP contribution in [0.5, 0.6) is 0 Å². The molecular weight excluding hydrogens is 939 g/mol. The van der Waals surface area contributed by atoms with Gasteiger partial charge in [0.25, 0.3) is 0 Å². The zero-order chi connectivity index (χ0) is 49.5. The lowest BCUT2D eigenvalue weighted by Crippen LogP contribution is -2.57. The van der Waals surface area contributed by atoms with Crippen LogP contribution in [-0.2, 0) is 61.3 Å². The molecule has 69 heavy (non-hydrogen) atoms. The van der Waals surface area contributed by atoms with Crippen molar-refractivity contribution in [3.63, 3.8) is 0 Å². The number of ether oxygens (including phenoxy) is 6.